The highest BCUT2D eigenvalue weighted by atomic mass is 16.3. The molecule has 2 saturated carbocycles. The number of rotatable bonds is 0. The Labute approximate surface area is 127 Å². The molecule has 0 bridgehead atoms. The molecule has 2 heteroatoms. The van der Waals surface area contributed by atoms with Crippen molar-refractivity contribution in [3.8, 4) is 5.75 Å². The first kappa shape index (κ1) is 8.23. The maximum Gasteiger partial charge on any atom is 0.115 e. The average Bonchev–Trinajstić information content (AvgIpc) is 2.68. The lowest BCUT2D eigenvalue weighted by Gasteiger charge is -2.46. The molecular weight excluding hydrogens is 248 g/mol. The fourth-order valence-corrected chi connectivity index (χ4v) is 4.23. The number of hydrogen-bond donors (Lipinski definition) is 2. The topological polar surface area (TPSA) is 40.5 Å². The van der Waals surface area contributed by atoms with Gasteiger partial charge in [-0.2, -0.15) is 0 Å². The Morgan fingerprint density at radius 3 is 3.20 bits per heavy atom. The van der Waals surface area contributed by atoms with Gasteiger partial charge in [-0.3, -0.25) is 0 Å². The van der Waals surface area contributed by atoms with E-state index in [2.05, 4.69) is 0 Å². The number of phenols is 1. The molecule has 4 rings (SSSR count). The van der Waals surface area contributed by atoms with Crippen molar-refractivity contribution in [2.24, 2.45) is 11.3 Å². The van der Waals surface area contributed by atoms with Crippen LogP contribution in [-0.4, -0.2) is 16.3 Å². The summed E-state index contributed by atoms with van der Waals surface area (Å²) in [6.45, 7) is 1.81. The van der Waals surface area contributed by atoms with Crippen molar-refractivity contribution in [2.75, 3.05) is 0 Å². The molecule has 0 spiro atoms. The minimum atomic E-state index is -2.13. The Bertz CT molecular complexity index is 801. The Morgan fingerprint density at radius 1 is 1.50 bits per heavy atom. The molecule has 4 atom stereocenters. The largest absolute Gasteiger partial charge is 0.508 e. The summed E-state index contributed by atoms with van der Waals surface area (Å²) in [6.07, 6.45) is -0.382. The van der Waals surface area contributed by atoms with E-state index in [0.29, 0.717) is 19.3 Å². The summed E-state index contributed by atoms with van der Waals surface area (Å²) in [7, 11) is 0. The number of aromatic hydroxyl groups is 1. The molecular formula is C18H22O2. The third kappa shape index (κ3) is 1.54. The summed E-state index contributed by atoms with van der Waals surface area (Å²) in [5, 5.41) is 20.5. The summed E-state index contributed by atoms with van der Waals surface area (Å²) in [4.78, 5) is 0. The van der Waals surface area contributed by atoms with Gasteiger partial charge in [0.05, 0.1) is 10.2 Å². The van der Waals surface area contributed by atoms with Gasteiger partial charge < -0.3 is 10.2 Å². The van der Waals surface area contributed by atoms with Crippen LogP contribution in [0.25, 0.3) is 0 Å². The lowest BCUT2D eigenvalue weighted by Crippen LogP contribution is -2.39. The van der Waals surface area contributed by atoms with E-state index in [4.69, 9.17) is 6.85 Å². The molecule has 2 fully saturated rings. The van der Waals surface area contributed by atoms with Crippen LogP contribution in [0, 0.1) is 11.3 Å². The zero-order chi connectivity index (χ0) is 18.4. The van der Waals surface area contributed by atoms with E-state index in [1.165, 1.54) is 0 Å². The molecule has 3 unspecified atom stereocenters. The lowest BCUT2D eigenvalue weighted by atomic mass is 9.59. The van der Waals surface area contributed by atoms with Gasteiger partial charge in [-0.15, -0.1) is 0 Å². The molecule has 0 aromatic heterocycles. The minimum absolute atomic E-state index is 0.00452. The zero-order valence-electron chi connectivity index (χ0n) is 16.5. The van der Waals surface area contributed by atoms with Gasteiger partial charge in [-0.05, 0) is 61.2 Å². The molecule has 0 amide bonds. The minimum Gasteiger partial charge on any atom is -0.508 e. The highest BCUT2D eigenvalue weighted by molar-refractivity contribution is 5.47. The van der Waals surface area contributed by atoms with Gasteiger partial charge in [0.2, 0.25) is 0 Å². The van der Waals surface area contributed by atoms with E-state index < -0.39 is 17.9 Å². The Morgan fingerprint density at radius 2 is 2.35 bits per heavy atom. The Kier molecular flexibility index (Phi) is 1.69. The van der Waals surface area contributed by atoms with Gasteiger partial charge in [-0.25, -0.2) is 0 Å². The molecule has 0 radical (unpaired) electrons. The SMILES string of the molecule is [2H]c1cc2c(c([2H])c1O)CC=C1C2CCC2(C)C1CC([2H])([2H])[C@]2([2H])O. The van der Waals surface area contributed by atoms with Crippen molar-refractivity contribution in [2.45, 2.75) is 51.0 Å². The van der Waals surface area contributed by atoms with Crippen molar-refractivity contribution in [3.05, 3.63) is 40.9 Å². The van der Waals surface area contributed by atoms with Crippen LogP contribution in [0.4, 0.5) is 0 Å². The zero-order valence-corrected chi connectivity index (χ0v) is 11.5. The Balaban J connectivity index is 1.82. The number of allylic oxidation sites excluding steroid dienone is 2. The normalized spacial score (nSPS) is 48.5. The van der Waals surface area contributed by atoms with E-state index in [1.54, 1.807) is 6.07 Å². The predicted octanol–water partition coefficient (Wildman–Crippen LogP) is 3.53. The molecule has 0 heterocycles. The van der Waals surface area contributed by atoms with Gasteiger partial charge >= 0.3 is 0 Å². The number of phenolic OH excluding ortho intramolecular Hbond substituents is 1. The maximum absolute atomic E-state index is 10.7. The van der Waals surface area contributed by atoms with Crippen LogP contribution < -0.4 is 0 Å². The van der Waals surface area contributed by atoms with Crippen LogP contribution >= 0.6 is 0 Å². The van der Waals surface area contributed by atoms with Crippen molar-refractivity contribution >= 4 is 0 Å². The molecule has 1 aromatic carbocycles. The lowest BCUT2D eigenvalue weighted by molar-refractivity contribution is 0.0267. The third-order valence-electron chi connectivity index (χ3n) is 5.44. The molecule has 2 N–H and O–H groups in total. The van der Waals surface area contributed by atoms with E-state index in [9.17, 15) is 10.2 Å². The standard InChI is InChI=1S/C18H22O2/c1-18-9-8-14-13-5-3-12(19)10-11(13)2-4-15(14)16(18)6-7-17(18)20/h3-5,10,14,16-17,19-20H,2,6-9H2,1H3/t14?,16?,17-,18?/m0/s1/i3D,7D2,10D,17D. The third-order valence-corrected chi connectivity index (χ3v) is 5.44. The highest BCUT2D eigenvalue weighted by Gasteiger charge is 2.51. The molecule has 3 aliphatic carbocycles. The quantitative estimate of drug-likeness (QED) is 0.711. The highest BCUT2D eigenvalue weighted by Crippen LogP contribution is 2.59. The average molecular weight is 275 g/mol. The van der Waals surface area contributed by atoms with E-state index in [0.717, 1.165) is 16.7 Å². The monoisotopic (exact) mass is 275 g/mol. The van der Waals surface area contributed by atoms with Crippen molar-refractivity contribution < 1.29 is 17.1 Å². The fourth-order valence-electron chi connectivity index (χ4n) is 4.23. The summed E-state index contributed by atoms with van der Waals surface area (Å²) in [6, 6.07) is 1.57. The summed E-state index contributed by atoms with van der Waals surface area (Å²) in [5.74, 6) is -0.552. The molecule has 2 nitrogen and oxygen atoms in total. The van der Waals surface area contributed by atoms with Gasteiger partial charge in [0.25, 0.3) is 0 Å². The van der Waals surface area contributed by atoms with Crippen molar-refractivity contribution in [3.63, 3.8) is 0 Å². The van der Waals surface area contributed by atoms with Crippen LogP contribution in [0.2, 0.25) is 0 Å². The first-order valence-electron chi connectivity index (χ1n) is 9.75. The van der Waals surface area contributed by atoms with Gasteiger partial charge in [0.1, 0.15) is 5.75 Å². The summed E-state index contributed by atoms with van der Waals surface area (Å²) in [5.41, 5.74) is 1.78. The first-order valence-corrected chi connectivity index (χ1v) is 7.25. The molecule has 106 valence electrons. The second-order valence-corrected chi connectivity index (χ2v) is 6.40. The van der Waals surface area contributed by atoms with Crippen LogP contribution in [0.15, 0.2) is 29.8 Å². The first-order chi connectivity index (χ1) is 11.5. The van der Waals surface area contributed by atoms with E-state index >= 15 is 0 Å². The number of hydrogen-bond acceptors (Lipinski definition) is 2. The Hall–Kier alpha value is -1.28. The van der Waals surface area contributed by atoms with Crippen LogP contribution in [-0.2, 0) is 6.42 Å². The summed E-state index contributed by atoms with van der Waals surface area (Å²) < 4.78 is 40.7. The van der Waals surface area contributed by atoms with E-state index in [-0.39, 0.29) is 36.1 Å². The number of benzene rings is 1. The second kappa shape index (κ2) is 4.11. The van der Waals surface area contributed by atoms with Crippen molar-refractivity contribution in [1.29, 1.82) is 0 Å². The number of aliphatic hydroxyl groups is 1. The fraction of sp³-hybridized carbons (Fsp3) is 0.556. The van der Waals surface area contributed by atoms with Gasteiger partial charge in [0.15, 0.2) is 0 Å². The van der Waals surface area contributed by atoms with E-state index in [1.807, 2.05) is 13.0 Å². The molecule has 3 aliphatic rings. The molecule has 0 saturated heterocycles. The molecule has 20 heavy (non-hydrogen) atoms. The molecule has 0 aliphatic heterocycles. The van der Waals surface area contributed by atoms with Crippen molar-refractivity contribution in [1.82, 2.24) is 0 Å². The van der Waals surface area contributed by atoms with Crippen LogP contribution in [0.1, 0.15) is 56.5 Å². The molecule has 1 aromatic rings. The second-order valence-electron chi connectivity index (χ2n) is 6.40. The van der Waals surface area contributed by atoms with Gasteiger partial charge in [-0.1, -0.05) is 24.6 Å². The number of fused-ring (bicyclic) bond motifs is 5. The van der Waals surface area contributed by atoms with Crippen LogP contribution in [0.5, 0.6) is 5.75 Å². The smallest absolute Gasteiger partial charge is 0.115 e. The predicted molar refractivity (Wildman–Crippen MR) is 78.7 cm³/mol. The van der Waals surface area contributed by atoms with Crippen LogP contribution in [0.3, 0.4) is 0 Å². The summed E-state index contributed by atoms with van der Waals surface area (Å²) >= 11 is 0. The van der Waals surface area contributed by atoms with Gasteiger partial charge in [0, 0.05) is 14.1 Å². The maximum atomic E-state index is 10.7.